The fraction of sp³-hybridized carbons (Fsp3) is 0. The van der Waals surface area contributed by atoms with Gasteiger partial charge in [-0.1, -0.05) is 164 Å². The molecular formula is C52H33N3OSi. The van der Waals surface area contributed by atoms with Crippen LogP contribution in [0.2, 0.25) is 0 Å². The third kappa shape index (κ3) is 4.55. The van der Waals surface area contributed by atoms with E-state index < -0.39 is 8.07 Å². The molecule has 0 atom stereocenters. The van der Waals surface area contributed by atoms with Crippen molar-refractivity contribution in [1.82, 2.24) is 14.5 Å². The van der Waals surface area contributed by atoms with Crippen LogP contribution in [0.5, 0.6) is 0 Å². The Morgan fingerprint density at radius 3 is 1.86 bits per heavy atom. The molecule has 0 spiro atoms. The van der Waals surface area contributed by atoms with Crippen LogP contribution >= 0.6 is 0 Å². The first kappa shape index (κ1) is 32.0. The molecule has 8 aromatic carbocycles. The molecule has 11 aromatic rings. The molecule has 3 aromatic heterocycles. The number of nitrogens with zero attached hydrogens (tertiary/aromatic N) is 3. The highest BCUT2D eigenvalue weighted by molar-refractivity contribution is 7.22. The minimum Gasteiger partial charge on any atom is -0.456 e. The van der Waals surface area contributed by atoms with Gasteiger partial charge in [0.15, 0.2) is 13.9 Å². The van der Waals surface area contributed by atoms with E-state index in [1.54, 1.807) is 0 Å². The predicted molar refractivity (Wildman–Crippen MR) is 237 cm³/mol. The first-order valence-electron chi connectivity index (χ1n) is 19.4. The first-order valence-corrected chi connectivity index (χ1v) is 21.4. The van der Waals surface area contributed by atoms with Crippen molar-refractivity contribution < 1.29 is 4.42 Å². The Morgan fingerprint density at radius 1 is 0.439 bits per heavy atom. The molecule has 12 rings (SSSR count). The number of aromatic nitrogens is 3. The van der Waals surface area contributed by atoms with E-state index in [2.05, 4.69) is 199 Å². The number of para-hydroxylation sites is 2. The van der Waals surface area contributed by atoms with Crippen molar-refractivity contribution in [3.8, 4) is 39.6 Å². The van der Waals surface area contributed by atoms with Gasteiger partial charge in [-0.05, 0) is 52.0 Å². The second-order valence-electron chi connectivity index (χ2n) is 14.8. The monoisotopic (exact) mass is 743 g/mol. The highest BCUT2D eigenvalue weighted by Gasteiger charge is 2.51. The van der Waals surface area contributed by atoms with Gasteiger partial charge in [-0.25, -0.2) is 9.97 Å². The lowest BCUT2D eigenvalue weighted by atomic mass is 10.1. The Hall–Kier alpha value is -7.34. The van der Waals surface area contributed by atoms with Gasteiger partial charge >= 0.3 is 0 Å². The van der Waals surface area contributed by atoms with Gasteiger partial charge in [0.1, 0.15) is 11.2 Å². The predicted octanol–water partition coefficient (Wildman–Crippen LogP) is 10.2. The maximum atomic E-state index is 6.36. The van der Waals surface area contributed by atoms with Gasteiger partial charge in [0, 0.05) is 49.1 Å². The van der Waals surface area contributed by atoms with Gasteiger partial charge in [0.25, 0.3) is 0 Å². The third-order valence-electron chi connectivity index (χ3n) is 11.9. The number of hydrogen-bond donors (Lipinski definition) is 0. The summed E-state index contributed by atoms with van der Waals surface area (Å²) < 4.78 is 8.73. The fourth-order valence-electron chi connectivity index (χ4n) is 9.58. The molecule has 4 nitrogen and oxygen atoms in total. The quantitative estimate of drug-likeness (QED) is 0.165. The highest BCUT2D eigenvalue weighted by atomic mass is 28.3. The van der Waals surface area contributed by atoms with Crippen LogP contribution in [0.25, 0.3) is 83.3 Å². The van der Waals surface area contributed by atoms with Crippen molar-refractivity contribution in [2.24, 2.45) is 0 Å². The molecular weight excluding hydrogens is 711 g/mol. The normalized spacial score (nSPS) is 13.1. The van der Waals surface area contributed by atoms with E-state index >= 15 is 0 Å². The molecule has 0 bridgehead atoms. The van der Waals surface area contributed by atoms with Crippen molar-refractivity contribution in [3.05, 3.63) is 200 Å². The second-order valence-corrected chi connectivity index (χ2v) is 18.5. The van der Waals surface area contributed by atoms with Gasteiger partial charge in [-0.3, -0.25) is 0 Å². The summed E-state index contributed by atoms with van der Waals surface area (Å²) in [6.07, 6.45) is 0. The summed E-state index contributed by atoms with van der Waals surface area (Å²) in [6.45, 7) is 0. The highest BCUT2D eigenvalue weighted by Crippen LogP contribution is 2.42. The molecule has 4 heterocycles. The molecule has 266 valence electrons. The molecule has 0 saturated carbocycles. The minimum atomic E-state index is -2.87. The Balaban J connectivity index is 1.14. The van der Waals surface area contributed by atoms with Crippen molar-refractivity contribution in [2.75, 3.05) is 0 Å². The van der Waals surface area contributed by atoms with Crippen molar-refractivity contribution in [1.29, 1.82) is 0 Å². The standard InChI is InChI=1S/C52H33N3OSi/c1-4-17-34(18-5-1)49-51-50(41-27-12-15-30-46(41)57(51,37-21-6-2-7-22-37)38-23-8-3-9-24-38)54-52(53-49)35-19-16-20-36(33-35)55-42-28-13-10-25-39(42)47-43(55)31-32-45-48(47)40-26-11-14-29-44(40)56-45/h1-33H. The molecule has 0 amide bonds. The smallest absolute Gasteiger partial charge is 0.185 e. The van der Waals surface area contributed by atoms with E-state index in [1.165, 1.54) is 37.1 Å². The zero-order chi connectivity index (χ0) is 37.5. The summed E-state index contributed by atoms with van der Waals surface area (Å²) in [6, 6.07) is 71.8. The summed E-state index contributed by atoms with van der Waals surface area (Å²) in [5.74, 6) is 0.708. The van der Waals surface area contributed by atoms with Gasteiger partial charge in [-0.15, -0.1) is 0 Å². The number of benzene rings is 8. The molecule has 1 aliphatic heterocycles. The van der Waals surface area contributed by atoms with Crippen molar-refractivity contribution >= 4 is 72.6 Å². The van der Waals surface area contributed by atoms with Crippen molar-refractivity contribution in [3.63, 3.8) is 0 Å². The van der Waals surface area contributed by atoms with E-state index in [-0.39, 0.29) is 0 Å². The fourth-order valence-corrected chi connectivity index (χ4v) is 14.8. The Kier molecular flexibility index (Phi) is 6.91. The lowest BCUT2D eigenvalue weighted by Gasteiger charge is -2.32. The zero-order valence-corrected chi connectivity index (χ0v) is 31.8. The molecule has 0 N–H and O–H groups in total. The van der Waals surface area contributed by atoms with Gasteiger partial charge in [-0.2, -0.15) is 0 Å². The van der Waals surface area contributed by atoms with Crippen molar-refractivity contribution in [2.45, 2.75) is 0 Å². The maximum absolute atomic E-state index is 6.36. The third-order valence-corrected chi connectivity index (χ3v) is 16.7. The van der Waals surface area contributed by atoms with Gasteiger partial charge in [0.2, 0.25) is 0 Å². The molecule has 0 unspecified atom stereocenters. The van der Waals surface area contributed by atoms with Crippen LogP contribution in [-0.4, -0.2) is 22.6 Å². The lowest BCUT2D eigenvalue weighted by Crippen LogP contribution is -2.73. The van der Waals surface area contributed by atoms with Crippen LogP contribution in [0, 0.1) is 0 Å². The van der Waals surface area contributed by atoms with E-state index in [0.29, 0.717) is 5.82 Å². The molecule has 5 heteroatoms. The Labute approximate surface area is 330 Å². The maximum Gasteiger partial charge on any atom is 0.185 e. The largest absolute Gasteiger partial charge is 0.456 e. The number of rotatable bonds is 5. The zero-order valence-electron chi connectivity index (χ0n) is 30.8. The van der Waals surface area contributed by atoms with E-state index in [9.17, 15) is 0 Å². The van der Waals surface area contributed by atoms with Crippen LogP contribution in [0.4, 0.5) is 0 Å². The van der Waals surface area contributed by atoms with Crippen LogP contribution in [-0.2, 0) is 0 Å². The van der Waals surface area contributed by atoms with Crippen LogP contribution in [0.15, 0.2) is 205 Å². The SMILES string of the molecule is c1ccc(-c2nc(-c3cccc(-n4c5ccccc5c5c6c(ccc54)oc4ccccc46)c3)nc3c2[Si](c2ccccc2)(c2ccccc2)c2ccccc2-3)cc1. The second kappa shape index (κ2) is 12.3. The molecule has 1 aliphatic rings. The average Bonchev–Trinajstić information content (AvgIpc) is 3.93. The molecule has 57 heavy (non-hydrogen) atoms. The lowest BCUT2D eigenvalue weighted by molar-refractivity contribution is 0.669. The summed E-state index contributed by atoms with van der Waals surface area (Å²) >= 11 is 0. The van der Waals surface area contributed by atoms with E-state index in [1.807, 2.05) is 6.07 Å². The summed E-state index contributed by atoms with van der Waals surface area (Å²) in [5, 5.41) is 9.89. The first-order chi connectivity index (χ1) is 28.3. The average molecular weight is 744 g/mol. The number of fused-ring (bicyclic) bond motifs is 10. The molecule has 0 aliphatic carbocycles. The number of furan rings is 1. The Bertz CT molecular complexity index is 3310. The molecule has 0 saturated heterocycles. The summed E-state index contributed by atoms with van der Waals surface area (Å²) in [7, 11) is -2.87. The van der Waals surface area contributed by atoms with Crippen LogP contribution in [0.3, 0.4) is 0 Å². The van der Waals surface area contributed by atoms with Gasteiger partial charge in [0.05, 0.1) is 22.4 Å². The summed E-state index contributed by atoms with van der Waals surface area (Å²) in [4.78, 5) is 11.2. The van der Waals surface area contributed by atoms with Crippen LogP contribution in [0.1, 0.15) is 0 Å². The summed E-state index contributed by atoms with van der Waals surface area (Å²) in [5.41, 5.74) is 10.3. The minimum absolute atomic E-state index is 0.708. The van der Waals surface area contributed by atoms with Crippen LogP contribution < -0.4 is 20.7 Å². The topological polar surface area (TPSA) is 43.9 Å². The van der Waals surface area contributed by atoms with Gasteiger partial charge < -0.3 is 8.98 Å². The molecule has 0 fully saturated rings. The van der Waals surface area contributed by atoms with E-state index in [0.717, 1.165) is 61.2 Å². The molecule has 0 radical (unpaired) electrons. The van der Waals surface area contributed by atoms with E-state index in [4.69, 9.17) is 14.4 Å². The Morgan fingerprint density at radius 2 is 1.07 bits per heavy atom. The number of hydrogen-bond acceptors (Lipinski definition) is 3.